The Bertz CT molecular complexity index is 431. The maximum atomic E-state index is 10.7. The molecule has 2 rings (SSSR count). The molecule has 1 saturated heterocycles. The van der Waals surface area contributed by atoms with E-state index >= 15 is 0 Å². The van der Waals surface area contributed by atoms with Crippen molar-refractivity contribution in [2.24, 2.45) is 0 Å². The number of carboxylic acids is 1. The van der Waals surface area contributed by atoms with Gasteiger partial charge in [-0.1, -0.05) is 25.1 Å². The lowest BCUT2D eigenvalue weighted by molar-refractivity contribution is -0.133. The second kappa shape index (κ2) is 7.19. The molecule has 0 aromatic carbocycles. The highest BCUT2D eigenvalue weighted by atomic mass is 32.2. The normalized spacial score (nSPS) is 19.5. The average Bonchev–Trinajstić information content (AvgIpc) is 2.80. The Morgan fingerprint density at radius 1 is 1.53 bits per heavy atom. The summed E-state index contributed by atoms with van der Waals surface area (Å²) in [4.78, 5) is 10.7. The van der Waals surface area contributed by atoms with E-state index in [0.29, 0.717) is 5.25 Å². The molecule has 1 unspecified atom stereocenters. The van der Waals surface area contributed by atoms with Gasteiger partial charge in [0.25, 0.3) is 0 Å². The first kappa shape index (κ1) is 14.7. The minimum absolute atomic E-state index is 0.0413. The van der Waals surface area contributed by atoms with Crippen LogP contribution in [0.15, 0.2) is 5.16 Å². The minimum atomic E-state index is -0.815. The van der Waals surface area contributed by atoms with E-state index in [1.165, 1.54) is 36.8 Å². The van der Waals surface area contributed by atoms with Crippen LogP contribution < -0.4 is 0 Å². The third kappa shape index (κ3) is 4.14. The Morgan fingerprint density at radius 3 is 3.00 bits per heavy atom. The molecular formula is C12H19N3O2S2. The first-order valence-electron chi connectivity index (χ1n) is 6.59. The van der Waals surface area contributed by atoms with E-state index in [4.69, 9.17) is 5.11 Å². The van der Waals surface area contributed by atoms with Crippen molar-refractivity contribution in [3.05, 3.63) is 5.82 Å². The largest absolute Gasteiger partial charge is 0.481 e. The number of thioether (sulfide) groups is 2. The maximum Gasteiger partial charge on any atom is 0.313 e. The van der Waals surface area contributed by atoms with Crippen molar-refractivity contribution in [3.63, 3.8) is 0 Å². The molecule has 1 atom stereocenters. The molecule has 0 amide bonds. The average molecular weight is 301 g/mol. The molecule has 7 heteroatoms. The minimum Gasteiger partial charge on any atom is -0.481 e. The zero-order chi connectivity index (χ0) is 13.7. The van der Waals surface area contributed by atoms with E-state index < -0.39 is 5.97 Å². The van der Waals surface area contributed by atoms with Crippen LogP contribution in [0.5, 0.6) is 0 Å². The SMILES string of the molecule is CCc1nnc(SCC(=O)O)n1CC1CCCCS1. The third-order valence-corrected chi connectivity index (χ3v) is 5.43. The molecule has 1 aliphatic heterocycles. The molecule has 1 fully saturated rings. The van der Waals surface area contributed by atoms with Gasteiger partial charge in [0.2, 0.25) is 0 Å². The van der Waals surface area contributed by atoms with E-state index in [0.717, 1.165) is 23.9 Å². The van der Waals surface area contributed by atoms with Crippen LogP contribution in [0.25, 0.3) is 0 Å². The predicted molar refractivity (Wildman–Crippen MR) is 77.9 cm³/mol. The van der Waals surface area contributed by atoms with Gasteiger partial charge in [-0.2, -0.15) is 11.8 Å². The summed E-state index contributed by atoms with van der Waals surface area (Å²) in [7, 11) is 0. The lowest BCUT2D eigenvalue weighted by atomic mass is 10.2. The van der Waals surface area contributed by atoms with Gasteiger partial charge in [-0.05, 0) is 18.6 Å². The van der Waals surface area contributed by atoms with E-state index in [9.17, 15) is 4.79 Å². The first-order valence-corrected chi connectivity index (χ1v) is 8.62. The number of hydrogen-bond acceptors (Lipinski definition) is 5. The zero-order valence-electron chi connectivity index (χ0n) is 11.0. The lowest BCUT2D eigenvalue weighted by Gasteiger charge is -2.22. The van der Waals surface area contributed by atoms with Crippen molar-refractivity contribution in [2.75, 3.05) is 11.5 Å². The van der Waals surface area contributed by atoms with E-state index in [1.807, 2.05) is 11.8 Å². The van der Waals surface area contributed by atoms with Gasteiger partial charge in [-0.15, -0.1) is 10.2 Å². The second-order valence-electron chi connectivity index (χ2n) is 4.53. The fourth-order valence-corrected chi connectivity index (χ4v) is 4.13. The van der Waals surface area contributed by atoms with Crippen molar-refractivity contribution >= 4 is 29.5 Å². The van der Waals surface area contributed by atoms with Crippen molar-refractivity contribution in [3.8, 4) is 0 Å². The monoisotopic (exact) mass is 301 g/mol. The van der Waals surface area contributed by atoms with Crippen LogP contribution in [0.2, 0.25) is 0 Å². The fourth-order valence-electron chi connectivity index (χ4n) is 2.15. The number of carbonyl (C=O) groups is 1. The van der Waals surface area contributed by atoms with Crippen LogP contribution in [0.1, 0.15) is 32.0 Å². The Morgan fingerprint density at radius 2 is 2.37 bits per heavy atom. The third-order valence-electron chi connectivity index (χ3n) is 3.09. The summed E-state index contributed by atoms with van der Waals surface area (Å²) in [5.41, 5.74) is 0. The smallest absolute Gasteiger partial charge is 0.313 e. The molecule has 1 aromatic rings. The summed E-state index contributed by atoms with van der Waals surface area (Å²) >= 11 is 3.27. The lowest BCUT2D eigenvalue weighted by Crippen LogP contribution is -2.19. The van der Waals surface area contributed by atoms with Gasteiger partial charge in [-0.3, -0.25) is 4.79 Å². The van der Waals surface area contributed by atoms with Crippen molar-refractivity contribution in [1.29, 1.82) is 0 Å². The van der Waals surface area contributed by atoms with E-state index in [1.54, 1.807) is 0 Å². The van der Waals surface area contributed by atoms with Crippen molar-refractivity contribution < 1.29 is 9.90 Å². The van der Waals surface area contributed by atoms with Gasteiger partial charge in [0, 0.05) is 18.2 Å². The Balaban J connectivity index is 2.06. The number of aliphatic carboxylic acids is 1. The summed E-state index contributed by atoms with van der Waals surface area (Å²) < 4.78 is 2.11. The van der Waals surface area contributed by atoms with E-state index in [2.05, 4.69) is 21.7 Å². The van der Waals surface area contributed by atoms with Gasteiger partial charge < -0.3 is 9.67 Å². The molecule has 0 aliphatic carbocycles. The van der Waals surface area contributed by atoms with Crippen LogP contribution in [0.4, 0.5) is 0 Å². The Hall–Kier alpha value is -0.690. The number of nitrogens with zero attached hydrogens (tertiary/aromatic N) is 3. The number of hydrogen-bond donors (Lipinski definition) is 1. The molecule has 106 valence electrons. The van der Waals surface area contributed by atoms with Gasteiger partial charge in [0.05, 0.1) is 5.75 Å². The number of aromatic nitrogens is 3. The van der Waals surface area contributed by atoms with E-state index in [-0.39, 0.29) is 5.75 Å². The highest BCUT2D eigenvalue weighted by Gasteiger charge is 2.19. The Labute approximate surface area is 121 Å². The summed E-state index contributed by atoms with van der Waals surface area (Å²) in [6, 6.07) is 0. The van der Waals surface area contributed by atoms with Crippen molar-refractivity contribution in [2.45, 2.75) is 49.6 Å². The Kier molecular flexibility index (Phi) is 5.57. The van der Waals surface area contributed by atoms with Crippen LogP contribution in [-0.4, -0.2) is 42.6 Å². The molecular weight excluding hydrogens is 282 g/mol. The molecule has 1 N–H and O–H groups in total. The summed E-state index contributed by atoms with van der Waals surface area (Å²) in [6.45, 7) is 2.96. The van der Waals surface area contributed by atoms with Gasteiger partial charge >= 0.3 is 5.97 Å². The summed E-state index contributed by atoms with van der Waals surface area (Å²) in [5.74, 6) is 1.41. The molecule has 1 aromatic heterocycles. The summed E-state index contributed by atoms with van der Waals surface area (Å²) in [6.07, 6.45) is 4.66. The molecule has 0 saturated carbocycles. The van der Waals surface area contributed by atoms with Crippen LogP contribution in [0.3, 0.4) is 0 Å². The standard InChI is InChI=1S/C12H19N3O2S2/c1-2-10-13-14-12(19-8-11(16)17)15(10)7-9-5-3-4-6-18-9/h9H,2-8H2,1H3,(H,16,17). The number of carboxylic acid groups (broad SMARTS) is 1. The molecule has 0 bridgehead atoms. The highest BCUT2D eigenvalue weighted by molar-refractivity contribution is 8.00. The van der Waals surface area contributed by atoms with Crippen molar-refractivity contribution in [1.82, 2.24) is 14.8 Å². The molecule has 0 spiro atoms. The topological polar surface area (TPSA) is 68.0 Å². The van der Waals surface area contributed by atoms with Crippen LogP contribution in [0, 0.1) is 0 Å². The van der Waals surface area contributed by atoms with Crippen LogP contribution >= 0.6 is 23.5 Å². The molecule has 2 heterocycles. The number of aryl methyl sites for hydroxylation is 1. The first-order chi connectivity index (χ1) is 9.20. The molecule has 0 radical (unpaired) electrons. The van der Waals surface area contributed by atoms with Gasteiger partial charge in [0.15, 0.2) is 5.16 Å². The van der Waals surface area contributed by atoms with Gasteiger partial charge in [0.1, 0.15) is 5.82 Å². The molecule has 19 heavy (non-hydrogen) atoms. The number of rotatable bonds is 6. The summed E-state index contributed by atoms with van der Waals surface area (Å²) in [5, 5.41) is 18.4. The fraction of sp³-hybridized carbons (Fsp3) is 0.750. The molecule has 1 aliphatic rings. The maximum absolute atomic E-state index is 10.7. The van der Waals surface area contributed by atoms with Gasteiger partial charge in [-0.25, -0.2) is 0 Å². The predicted octanol–water partition coefficient (Wildman–Crippen LogP) is 2.30. The second-order valence-corrected chi connectivity index (χ2v) is 6.88. The zero-order valence-corrected chi connectivity index (χ0v) is 12.7. The quantitative estimate of drug-likeness (QED) is 0.813. The van der Waals surface area contributed by atoms with Crippen LogP contribution in [-0.2, 0) is 17.8 Å². The highest BCUT2D eigenvalue weighted by Crippen LogP contribution is 2.28. The molecule has 5 nitrogen and oxygen atoms in total.